The third-order valence-corrected chi connectivity index (χ3v) is 4.41. The van der Waals surface area contributed by atoms with Crippen molar-refractivity contribution in [2.75, 3.05) is 12.4 Å². The molecule has 0 bridgehead atoms. The average Bonchev–Trinajstić information content (AvgIpc) is 2.50. The molecule has 22 heavy (non-hydrogen) atoms. The molecule has 0 heterocycles. The van der Waals surface area contributed by atoms with Crippen molar-refractivity contribution >= 4 is 11.6 Å². The van der Waals surface area contributed by atoms with Crippen LogP contribution < -0.4 is 10.6 Å². The fourth-order valence-electron chi connectivity index (χ4n) is 3.19. The van der Waals surface area contributed by atoms with Crippen molar-refractivity contribution in [2.45, 2.75) is 64.1 Å². The van der Waals surface area contributed by atoms with E-state index in [0.717, 1.165) is 24.1 Å². The Morgan fingerprint density at radius 2 is 2.05 bits per heavy atom. The fraction of sp³-hybridized carbons (Fsp3) is 0.611. The average molecular weight is 304 g/mol. The van der Waals surface area contributed by atoms with Crippen LogP contribution in [0.5, 0.6) is 0 Å². The lowest BCUT2D eigenvalue weighted by Gasteiger charge is -2.33. The van der Waals surface area contributed by atoms with E-state index in [9.17, 15) is 4.79 Å². The summed E-state index contributed by atoms with van der Waals surface area (Å²) >= 11 is 0. The summed E-state index contributed by atoms with van der Waals surface area (Å²) in [6.45, 7) is 4.07. The predicted octanol–water partition coefficient (Wildman–Crippen LogP) is 3.26. The summed E-state index contributed by atoms with van der Waals surface area (Å²) in [5.41, 5.74) is 1.98. The maximum absolute atomic E-state index is 12.2. The molecule has 122 valence electrons. The molecule has 1 aliphatic rings. The van der Waals surface area contributed by atoms with Crippen molar-refractivity contribution in [1.82, 2.24) is 5.32 Å². The summed E-state index contributed by atoms with van der Waals surface area (Å²) in [7, 11) is 1.78. The van der Waals surface area contributed by atoms with Gasteiger partial charge in [-0.3, -0.25) is 4.79 Å². The summed E-state index contributed by atoms with van der Waals surface area (Å²) < 4.78 is 5.56. The number of nitrogens with one attached hydrogen (secondary N) is 2. The van der Waals surface area contributed by atoms with Gasteiger partial charge in [-0.05, 0) is 38.3 Å². The number of anilines is 1. The zero-order valence-corrected chi connectivity index (χ0v) is 13.9. The minimum atomic E-state index is 0.0547. The first kappa shape index (κ1) is 17.0. The number of hydrogen-bond donors (Lipinski definition) is 2. The third-order valence-electron chi connectivity index (χ3n) is 4.41. The Balaban J connectivity index is 1.82. The van der Waals surface area contributed by atoms with Crippen LogP contribution in [0.25, 0.3) is 0 Å². The molecule has 0 aliphatic heterocycles. The Morgan fingerprint density at radius 3 is 2.77 bits per heavy atom. The summed E-state index contributed by atoms with van der Waals surface area (Å²) in [4.78, 5) is 12.2. The number of methoxy groups -OCH3 is 1. The second-order valence-corrected chi connectivity index (χ2v) is 6.30. The normalized spacial score (nSPS) is 23.0. The van der Waals surface area contributed by atoms with Crippen LogP contribution >= 0.6 is 0 Å². The second kappa shape index (κ2) is 8.30. The minimum absolute atomic E-state index is 0.0547. The van der Waals surface area contributed by atoms with E-state index in [-0.39, 0.29) is 18.1 Å². The molecule has 4 nitrogen and oxygen atoms in total. The Morgan fingerprint density at radius 1 is 1.32 bits per heavy atom. The maximum Gasteiger partial charge on any atom is 0.225 e. The van der Waals surface area contributed by atoms with Crippen LogP contribution in [0.2, 0.25) is 0 Å². The monoisotopic (exact) mass is 304 g/mol. The number of aryl methyl sites for hydroxylation is 1. The van der Waals surface area contributed by atoms with Gasteiger partial charge in [0, 0.05) is 31.3 Å². The van der Waals surface area contributed by atoms with Crippen molar-refractivity contribution in [1.29, 1.82) is 0 Å². The van der Waals surface area contributed by atoms with E-state index in [1.807, 2.05) is 31.2 Å². The highest BCUT2D eigenvalue weighted by atomic mass is 16.5. The highest BCUT2D eigenvalue weighted by Gasteiger charge is 2.26. The van der Waals surface area contributed by atoms with Gasteiger partial charge in [0.1, 0.15) is 0 Å². The van der Waals surface area contributed by atoms with Gasteiger partial charge < -0.3 is 15.4 Å². The number of amides is 1. The number of carbonyl (C=O) groups excluding carboxylic acids is 1. The van der Waals surface area contributed by atoms with E-state index in [1.165, 1.54) is 12.8 Å². The number of hydrogen-bond acceptors (Lipinski definition) is 3. The Kier molecular flexibility index (Phi) is 6.40. The standard InChI is InChI=1S/C18H28N2O2/c1-13-8-4-5-9-15(13)20-18(21)12-14(2)19-16-10-6-7-11-17(16)22-3/h4-5,8-9,14,16-17,19H,6-7,10-12H2,1-3H3,(H,20,21). The van der Waals surface area contributed by atoms with Crippen molar-refractivity contribution in [2.24, 2.45) is 0 Å². The van der Waals surface area contributed by atoms with Gasteiger partial charge in [-0.15, -0.1) is 0 Å². The highest BCUT2D eigenvalue weighted by Crippen LogP contribution is 2.21. The van der Waals surface area contributed by atoms with Gasteiger partial charge in [-0.1, -0.05) is 31.0 Å². The predicted molar refractivity (Wildman–Crippen MR) is 90.1 cm³/mol. The summed E-state index contributed by atoms with van der Waals surface area (Å²) in [5.74, 6) is 0.0547. The van der Waals surface area contributed by atoms with E-state index in [2.05, 4.69) is 17.6 Å². The lowest BCUT2D eigenvalue weighted by molar-refractivity contribution is -0.116. The number of rotatable bonds is 6. The molecule has 3 unspecified atom stereocenters. The smallest absolute Gasteiger partial charge is 0.225 e. The molecule has 1 fully saturated rings. The molecule has 1 amide bonds. The van der Waals surface area contributed by atoms with Crippen molar-refractivity contribution in [3.05, 3.63) is 29.8 Å². The van der Waals surface area contributed by atoms with Gasteiger partial charge in [-0.2, -0.15) is 0 Å². The van der Waals surface area contributed by atoms with Gasteiger partial charge in [0.15, 0.2) is 0 Å². The van der Waals surface area contributed by atoms with Crippen molar-refractivity contribution < 1.29 is 9.53 Å². The molecule has 1 saturated carbocycles. The Bertz CT molecular complexity index is 490. The fourth-order valence-corrected chi connectivity index (χ4v) is 3.19. The van der Waals surface area contributed by atoms with Gasteiger partial charge in [0.2, 0.25) is 5.91 Å². The van der Waals surface area contributed by atoms with E-state index in [4.69, 9.17) is 4.74 Å². The number of benzene rings is 1. The largest absolute Gasteiger partial charge is 0.380 e. The van der Waals surface area contributed by atoms with Gasteiger partial charge in [0.25, 0.3) is 0 Å². The maximum atomic E-state index is 12.2. The molecule has 3 atom stereocenters. The molecule has 0 spiro atoms. The summed E-state index contributed by atoms with van der Waals surface area (Å²) in [6.07, 6.45) is 5.45. The minimum Gasteiger partial charge on any atom is -0.380 e. The van der Waals surface area contributed by atoms with Crippen LogP contribution in [-0.2, 0) is 9.53 Å². The lowest BCUT2D eigenvalue weighted by atomic mass is 9.91. The van der Waals surface area contributed by atoms with Crippen LogP contribution in [0.4, 0.5) is 5.69 Å². The van der Waals surface area contributed by atoms with E-state index >= 15 is 0 Å². The molecular formula is C18H28N2O2. The Labute approximate surface area is 133 Å². The topological polar surface area (TPSA) is 50.4 Å². The number of para-hydroxylation sites is 1. The second-order valence-electron chi connectivity index (χ2n) is 6.30. The van der Waals surface area contributed by atoms with E-state index in [1.54, 1.807) is 7.11 Å². The molecule has 1 aromatic rings. The van der Waals surface area contributed by atoms with E-state index < -0.39 is 0 Å². The molecule has 4 heteroatoms. The molecular weight excluding hydrogens is 276 g/mol. The Hall–Kier alpha value is -1.39. The summed E-state index contributed by atoms with van der Waals surface area (Å²) in [5, 5.41) is 6.56. The molecule has 0 aromatic heterocycles. The lowest BCUT2D eigenvalue weighted by Crippen LogP contribution is -2.47. The summed E-state index contributed by atoms with van der Waals surface area (Å²) in [6, 6.07) is 8.36. The van der Waals surface area contributed by atoms with Crippen molar-refractivity contribution in [3.8, 4) is 0 Å². The molecule has 0 saturated heterocycles. The molecule has 2 N–H and O–H groups in total. The first-order valence-corrected chi connectivity index (χ1v) is 8.24. The van der Waals surface area contributed by atoms with Crippen LogP contribution in [0.3, 0.4) is 0 Å². The van der Waals surface area contributed by atoms with Gasteiger partial charge in [0.05, 0.1) is 6.10 Å². The first-order chi connectivity index (χ1) is 10.6. The highest BCUT2D eigenvalue weighted by molar-refractivity contribution is 5.91. The molecule has 1 aromatic carbocycles. The molecule has 2 rings (SSSR count). The quantitative estimate of drug-likeness (QED) is 0.848. The van der Waals surface area contributed by atoms with Gasteiger partial charge >= 0.3 is 0 Å². The number of carbonyl (C=O) groups is 1. The first-order valence-electron chi connectivity index (χ1n) is 8.24. The van der Waals surface area contributed by atoms with Crippen LogP contribution in [0.15, 0.2) is 24.3 Å². The number of ether oxygens (including phenoxy) is 1. The van der Waals surface area contributed by atoms with Crippen LogP contribution in [-0.4, -0.2) is 31.2 Å². The zero-order valence-electron chi connectivity index (χ0n) is 13.9. The van der Waals surface area contributed by atoms with Gasteiger partial charge in [-0.25, -0.2) is 0 Å². The molecule has 0 radical (unpaired) electrons. The molecule has 1 aliphatic carbocycles. The van der Waals surface area contributed by atoms with Crippen LogP contribution in [0, 0.1) is 6.92 Å². The SMILES string of the molecule is COC1CCCCC1NC(C)CC(=O)Nc1ccccc1C. The third kappa shape index (κ3) is 4.82. The van der Waals surface area contributed by atoms with Crippen molar-refractivity contribution in [3.63, 3.8) is 0 Å². The van der Waals surface area contributed by atoms with Crippen LogP contribution in [0.1, 0.15) is 44.6 Å². The zero-order chi connectivity index (χ0) is 15.9. The van der Waals surface area contributed by atoms with E-state index in [0.29, 0.717) is 12.5 Å².